The zero-order chi connectivity index (χ0) is 29.5. The standard InChI is InChI=1S/C31H36N6O5/c1-41-27-7-5-23(21-28(27)42-2)29(38)34-25-20-24(31(40)36-14-3-10-32-13-15-36)4-6-26(25)35-16-18-37(19-17-35)30(39)22-8-11-33-12-9-22/h4-9,11-12,20-21,32H,3,10,13-19H2,1-2H3,(H,34,38). The third-order valence-electron chi connectivity index (χ3n) is 7.60. The zero-order valence-electron chi connectivity index (χ0n) is 24.0. The molecule has 0 spiro atoms. The average molecular weight is 573 g/mol. The van der Waals surface area contributed by atoms with E-state index in [2.05, 4.69) is 20.5 Å². The first-order chi connectivity index (χ1) is 20.5. The molecule has 2 fully saturated rings. The fraction of sp³-hybridized carbons (Fsp3) is 0.355. The van der Waals surface area contributed by atoms with Crippen LogP contribution in [0.2, 0.25) is 0 Å². The van der Waals surface area contributed by atoms with Crippen LogP contribution in [0.5, 0.6) is 11.5 Å². The van der Waals surface area contributed by atoms with Gasteiger partial charge in [-0.25, -0.2) is 0 Å². The number of carbonyl (C=O) groups is 3. The van der Waals surface area contributed by atoms with Crippen LogP contribution in [-0.4, -0.2) is 99.1 Å². The molecular formula is C31H36N6O5. The summed E-state index contributed by atoms with van der Waals surface area (Å²) in [4.78, 5) is 49.7. The summed E-state index contributed by atoms with van der Waals surface area (Å²) < 4.78 is 10.7. The lowest BCUT2D eigenvalue weighted by molar-refractivity contribution is 0.0743. The lowest BCUT2D eigenvalue weighted by atomic mass is 10.1. The molecule has 11 nitrogen and oxygen atoms in total. The molecule has 3 heterocycles. The summed E-state index contributed by atoms with van der Waals surface area (Å²) in [5.41, 5.74) is 2.82. The van der Waals surface area contributed by atoms with E-state index in [0.29, 0.717) is 73.1 Å². The number of nitrogens with one attached hydrogen (secondary N) is 2. The molecule has 0 bridgehead atoms. The van der Waals surface area contributed by atoms with Gasteiger partial charge in [-0.15, -0.1) is 0 Å². The van der Waals surface area contributed by atoms with E-state index < -0.39 is 0 Å². The van der Waals surface area contributed by atoms with Crippen LogP contribution >= 0.6 is 0 Å². The van der Waals surface area contributed by atoms with Crippen LogP contribution < -0.4 is 25.0 Å². The van der Waals surface area contributed by atoms with Gasteiger partial charge in [0.2, 0.25) is 0 Å². The number of methoxy groups -OCH3 is 2. The van der Waals surface area contributed by atoms with Crippen LogP contribution in [0.4, 0.5) is 11.4 Å². The molecule has 2 N–H and O–H groups in total. The molecule has 11 heteroatoms. The highest BCUT2D eigenvalue weighted by molar-refractivity contribution is 6.07. The van der Waals surface area contributed by atoms with Gasteiger partial charge in [0.25, 0.3) is 17.7 Å². The van der Waals surface area contributed by atoms with Crippen molar-refractivity contribution in [2.75, 3.05) is 76.8 Å². The van der Waals surface area contributed by atoms with Gasteiger partial charge in [-0.3, -0.25) is 19.4 Å². The van der Waals surface area contributed by atoms with Crippen LogP contribution in [0.15, 0.2) is 60.9 Å². The van der Waals surface area contributed by atoms with E-state index in [4.69, 9.17) is 9.47 Å². The number of aromatic nitrogens is 1. The Hall–Kier alpha value is -4.64. The summed E-state index contributed by atoms with van der Waals surface area (Å²) in [6, 6.07) is 13.9. The monoisotopic (exact) mass is 572 g/mol. The van der Waals surface area contributed by atoms with Crippen molar-refractivity contribution in [3.8, 4) is 11.5 Å². The topological polar surface area (TPSA) is 116 Å². The van der Waals surface area contributed by atoms with E-state index in [1.807, 2.05) is 21.9 Å². The van der Waals surface area contributed by atoms with Crippen molar-refractivity contribution >= 4 is 29.1 Å². The minimum absolute atomic E-state index is 0.0353. The highest BCUT2D eigenvalue weighted by Crippen LogP contribution is 2.31. The predicted molar refractivity (Wildman–Crippen MR) is 160 cm³/mol. The minimum Gasteiger partial charge on any atom is -0.493 e. The van der Waals surface area contributed by atoms with Gasteiger partial charge in [-0.05, 0) is 61.5 Å². The van der Waals surface area contributed by atoms with Crippen LogP contribution in [0.3, 0.4) is 0 Å². The molecule has 0 atom stereocenters. The summed E-state index contributed by atoms with van der Waals surface area (Å²) in [6.07, 6.45) is 4.11. The maximum Gasteiger partial charge on any atom is 0.255 e. The summed E-state index contributed by atoms with van der Waals surface area (Å²) in [6.45, 7) is 5.11. The molecule has 2 saturated heterocycles. The van der Waals surface area contributed by atoms with E-state index in [9.17, 15) is 14.4 Å². The third-order valence-corrected chi connectivity index (χ3v) is 7.60. The highest BCUT2D eigenvalue weighted by Gasteiger charge is 2.26. The van der Waals surface area contributed by atoms with Crippen molar-refractivity contribution in [1.82, 2.24) is 20.1 Å². The zero-order valence-corrected chi connectivity index (χ0v) is 24.0. The fourth-order valence-corrected chi connectivity index (χ4v) is 5.28. The van der Waals surface area contributed by atoms with Crippen molar-refractivity contribution in [3.63, 3.8) is 0 Å². The van der Waals surface area contributed by atoms with Crippen LogP contribution in [0.25, 0.3) is 0 Å². The number of benzene rings is 2. The number of pyridine rings is 1. The van der Waals surface area contributed by atoms with Gasteiger partial charge in [0.15, 0.2) is 11.5 Å². The van der Waals surface area contributed by atoms with Gasteiger partial charge < -0.3 is 34.8 Å². The Labute approximate surface area is 245 Å². The molecule has 2 aliphatic rings. The van der Waals surface area contributed by atoms with Gasteiger partial charge in [-0.1, -0.05) is 0 Å². The second-order valence-electron chi connectivity index (χ2n) is 10.2. The van der Waals surface area contributed by atoms with Crippen molar-refractivity contribution in [3.05, 3.63) is 77.6 Å². The Kier molecular flexibility index (Phi) is 9.18. The van der Waals surface area contributed by atoms with Gasteiger partial charge in [0.05, 0.1) is 25.6 Å². The van der Waals surface area contributed by atoms with E-state index in [-0.39, 0.29) is 17.7 Å². The minimum atomic E-state index is -0.340. The van der Waals surface area contributed by atoms with Crippen LogP contribution in [-0.2, 0) is 0 Å². The second kappa shape index (κ2) is 13.3. The molecule has 42 heavy (non-hydrogen) atoms. The number of piperazine rings is 1. The first-order valence-electron chi connectivity index (χ1n) is 14.1. The van der Waals surface area contributed by atoms with E-state index in [0.717, 1.165) is 25.2 Å². The molecule has 3 amide bonds. The Morgan fingerprint density at radius 3 is 2.17 bits per heavy atom. The summed E-state index contributed by atoms with van der Waals surface area (Å²) >= 11 is 0. The van der Waals surface area contributed by atoms with Crippen LogP contribution in [0.1, 0.15) is 37.5 Å². The Morgan fingerprint density at radius 2 is 1.43 bits per heavy atom. The molecule has 0 saturated carbocycles. The lowest BCUT2D eigenvalue weighted by Gasteiger charge is -2.37. The number of rotatable bonds is 7. The SMILES string of the molecule is COc1ccc(C(=O)Nc2cc(C(=O)N3CCCNCC3)ccc2N2CCN(C(=O)c3ccncc3)CC2)cc1OC. The fourth-order valence-electron chi connectivity index (χ4n) is 5.28. The van der Waals surface area contributed by atoms with Crippen molar-refractivity contribution in [2.45, 2.75) is 6.42 Å². The Balaban J connectivity index is 1.39. The number of hydrogen-bond acceptors (Lipinski definition) is 8. The number of hydrogen-bond donors (Lipinski definition) is 2. The largest absolute Gasteiger partial charge is 0.493 e. The van der Waals surface area contributed by atoms with E-state index in [1.54, 1.807) is 48.8 Å². The Morgan fingerprint density at radius 1 is 0.738 bits per heavy atom. The molecule has 220 valence electrons. The summed E-state index contributed by atoms with van der Waals surface area (Å²) in [5.74, 6) is 0.520. The molecule has 0 radical (unpaired) electrons. The molecule has 5 rings (SSSR count). The summed E-state index contributed by atoms with van der Waals surface area (Å²) in [7, 11) is 3.06. The third kappa shape index (κ3) is 6.46. The molecule has 0 aliphatic carbocycles. The number of carbonyl (C=O) groups excluding carboxylic acids is 3. The number of ether oxygens (including phenoxy) is 2. The number of anilines is 2. The summed E-state index contributed by atoms with van der Waals surface area (Å²) in [5, 5.41) is 6.36. The molecule has 3 aromatic rings. The lowest BCUT2D eigenvalue weighted by Crippen LogP contribution is -2.49. The number of amides is 3. The van der Waals surface area contributed by atoms with Crippen molar-refractivity contribution in [1.29, 1.82) is 0 Å². The predicted octanol–water partition coefficient (Wildman–Crippen LogP) is 2.75. The molecular weight excluding hydrogens is 536 g/mol. The first kappa shape index (κ1) is 28.9. The maximum absolute atomic E-state index is 13.5. The smallest absolute Gasteiger partial charge is 0.255 e. The maximum atomic E-state index is 13.5. The quantitative estimate of drug-likeness (QED) is 0.444. The van der Waals surface area contributed by atoms with Crippen LogP contribution in [0, 0.1) is 0 Å². The number of nitrogens with zero attached hydrogens (tertiary/aromatic N) is 4. The first-order valence-corrected chi connectivity index (χ1v) is 14.1. The average Bonchev–Trinajstić information content (AvgIpc) is 3.34. The molecule has 1 aromatic heterocycles. The van der Waals surface area contributed by atoms with E-state index >= 15 is 0 Å². The van der Waals surface area contributed by atoms with Gasteiger partial charge in [0.1, 0.15) is 0 Å². The molecule has 2 aromatic carbocycles. The highest BCUT2D eigenvalue weighted by atomic mass is 16.5. The van der Waals surface area contributed by atoms with Gasteiger partial charge in [-0.2, -0.15) is 0 Å². The van der Waals surface area contributed by atoms with Gasteiger partial charge in [0, 0.05) is 74.9 Å². The normalized spacial score (nSPS) is 15.5. The second-order valence-corrected chi connectivity index (χ2v) is 10.2. The van der Waals surface area contributed by atoms with Crippen molar-refractivity contribution < 1.29 is 23.9 Å². The molecule has 0 unspecified atom stereocenters. The Bertz CT molecular complexity index is 1420. The van der Waals surface area contributed by atoms with E-state index in [1.165, 1.54) is 14.2 Å². The van der Waals surface area contributed by atoms with Gasteiger partial charge >= 0.3 is 0 Å². The van der Waals surface area contributed by atoms with Crippen molar-refractivity contribution in [2.24, 2.45) is 0 Å². The molecule has 2 aliphatic heterocycles.